The molecule has 3 heterocycles. The predicted octanol–water partition coefficient (Wildman–Crippen LogP) is 5.71. The minimum atomic E-state index is -4.65. The van der Waals surface area contributed by atoms with Crippen molar-refractivity contribution in [3.05, 3.63) is 70.5 Å². The molecular weight excluding hydrogens is 525 g/mol. The summed E-state index contributed by atoms with van der Waals surface area (Å²) in [5.41, 5.74) is -0.602. The number of urea groups is 1. The van der Waals surface area contributed by atoms with Gasteiger partial charge >= 0.3 is 12.2 Å². The van der Waals surface area contributed by atoms with E-state index < -0.39 is 22.8 Å². The zero-order valence-electron chi connectivity index (χ0n) is 20.2. The molecule has 0 N–H and O–H groups in total. The third kappa shape index (κ3) is 4.77. The summed E-state index contributed by atoms with van der Waals surface area (Å²) in [5, 5.41) is 9.08. The molecule has 38 heavy (non-hydrogen) atoms. The lowest BCUT2D eigenvalue weighted by molar-refractivity contribution is -0.137. The van der Waals surface area contributed by atoms with E-state index in [0.717, 1.165) is 18.6 Å². The molecule has 2 atom stereocenters. The number of carbonyl (C=O) groups is 1. The second-order valence-corrected chi connectivity index (χ2v) is 9.77. The molecule has 2 bridgehead atoms. The molecule has 1 spiro atoms. The van der Waals surface area contributed by atoms with Crippen LogP contribution in [-0.4, -0.2) is 53.1 Å². The molecule has 0 aromatic heterocycles. The van der Waals surface area contributed by atoms with Crippen molar-refractivity contribution in [2.24, 2.45) is 4.99 Å². The Hall–Kier alpha value is -3.75. The molecule has 8 nitrogen and oxygen atoms in total. The maximum Gasteiger partial charge on any atom is 0.417 e. The van der Waals surface area contributed by atoms with Gasteiger partial charge < -0.3 is 19.1 Å². The van der Waals surface area contributed by atoms with Gasteiger partial charge in [0.25, 0.3) is 0 Å². The summed E-state index contributed by atoms with van der Waals surface area (Å²) in [6.45, 7) is 7.34. The van der Waals surface area contributed by atoms with Crippen LogP contribution in [0.4, 0.5) is 18.0 Å². The monoisotopic (exact) mass is 546 g/mol. The van der Waals surface area contributed by atoms with Gasteiger partial charge in [-0.15, -0.1) is 0 Å². The number of rotatable bonds is 4. The fraction of sp³-hybridized carbons (Fsp3) is 0.346. The third-order valence-corrected chi connectivity index (χ3v) is 7.13. The van der Waals surface area contributed by atoms with E-state index in [1.165, 1.54) is 23.1 Å². The van der Waals surface area contributed by atoms with E-state index in [0.29, 0.717) is 31.1 Å². The first-order valence-corrected chi connectivity index (χ1v) is 12.0. The van der Waals surface area contributed by atoms with Gasteiger partial charge in [-0.3, -0.25) is 4.90 Å². The minimum absolute atomic E-state index is 0.00324. The maximum atomic E-state index is 13.1. The Morgan fingerprint density at radius 1 is 1.34 bits per heavy atom. The highest BCUT2D eigenvalue weighted by Crippen LogP contribution is 2.46. The van der Waals surface area contributed by atoms with E-state index in [4.69, 9.17) is 25.8 Å². The molecule has 3 aliphatic rings. The second kappa shape index (κ2) is 9.53. The Kier molecular flexibility index (Phi) is 6.49. The van der Waals surface area contributed by atoms with Crippen molar-refractivity contribution in [2.75, 3.05) is 19.7 Å². The van der Waals surface area contributed by atoms with Gasteiger partial charge in [0.2, 0.25) is 0 Å². The molecule has 3 fully saturated rings. The van der Waals surface area contributed by atoms with Crippen LogP contribution in [0, 0.1) is 11.3 Å². The van der Waals surface area contributed by atoms with Gasteiger partial charge in [-0.1, -0.05) is 24.2 Å². The summed E-state index contributed by atoms with van der Waals surface area (Å²) in [6, 6.07) is 9.14. The predicted molar refractivity (Wildman–Crippen MR) is 131 cm³/mol. The zero-order valence-corrected chi connectivity index (χ0v) is 21.0. The first-order valence-electron chi connectivity index (χ1n) is 11.6. The van der Waals surface area contributed by atoms with Gasteiger partial charge in [-0.2, -0.15) is 23.4 Å². The number of hydrogen-bond donors (Lipinski definition) is 0. The van der Waals surface area contributed by atoms with E-state index in [1.54, 1.807) is 13.0 Å². The summed E-state index contributed by atoms with van der Waals surface area (Å²) in [6.07, 6.45) is -3.61. The summed E-state index contributed by atoms with van der Waals surface area (Å²) >= 11 is 5.65. The Balaban J connectivity index is 1.22. The van der Waals surface area contributed by atoms with E-state index in [1.807, 2.05) is 6.07 Å². The van der Waals surface area contributed by atoms with Gasteiger partial charge in [-0.25, -0.2) is 4.79 Å². The molecule has 0 unspecified atom stereocenters. The van der Waals surface area contributed by atoms with Crippen LogP contribution < -0.4 is 4.74 Å². The lowest BCUT2D eigenvalue weighted by atomic mass is 10.0. The number of benzene rings is 2. The standard InChI is InChI=1S/C26H22ClF3N4O4/c1-15(32-24(35)33-13-25-9-20(37-14-25)11-34(25)16(33)2)36-12-17-3-6-23(18(7-17)10-31)38-19-4-5-22(27)21(8-19)26(28,29)30/h3-8,20H,2,9,11-14H2,1H3/t20-,25+/m0/s1. The van der Waals surface area contributed by atoms with Crippen LogP contribution in [-0.2, 0) is 22.3 Å². The Morgan fingerprint density at radius 2 is 2.13 bits per heavy atom. The summed E-state index contributed by atoms with van der Waals surface area (Å²) in [4.78, 5) is 20.5. The number of alkyl halides is 3. The fourth-order valence-electron chi connectivity index (χ4n) is 4.97. The topological polar surface area (TPSA) is 87.4 Å². The average molecular weight is 547 g/mol. The van der Waals surface area contributed by atoms with Crippen LogP contribution in [0.15, 0.2) is 53.8 Å². The number of fused-ring (bicyclic) bond motifs is 1. The lowest BCUT2D eigenvalue weighted by Crippen LogP contribution is -2.44. The van der Waals surface area contributed by atoms with Gasteiger partial charge in [-0.05, 0) is 35.9 Å². The lowest BCUT2D eigenvalue weighted by Gasteiger charge is -2.31. The SMILES string of the molecule is C=C1N(C(=O)N=C(C)OCc2ccc(Oc3ccc(Cl)c(C(F)(F)F)c3)c(C#N)c2)C[C@]23CO[C@H](CN12)C3. The van der Waals surface area contributed by atoms with Crippen LogP contribution in [0.25, 0.3) is 0 Å². The highest BCUT2D eigenvalue weighted by molar-refractivity contribution is 6.31. The number of aliphatic imine (C=N–C) groups is 1. The molecule has 0 aliphatic carbocycles. The van der Waals surface area contributed by atoms with Gasteiger partial charge in [0.05, 0.1) is 40.9 Å². The number of hydrogen-bond acceptors (Lipinski definition) is 6. The molecular formula is C26H22ClF3N4O4. The van der Waals surface area contributed by atoms with Crippen LogP contribution in [0.5, 0.6) is 11.5 Å². The molecule has 0 radical (unpaired) electrons. The molecule has 2 amide bonds. The first-order chi connectivity index (χ1) is 18.0. The smallest absolute Gasteiger partial charge is 0.417 e. The van der Waals surface area contributed by atoms with Crippen LogP contribution in [0.3, 0.4) is 0 Å². The number of morpholine rings is 1. The Bertz CT molecular complexity index is 1390. The number of halogens is 4. The molecule has 2 aromatic rings. The van der Waals surface area contributed by atoms with Gasteiger partial charge in [0, 0.05) is 19.9 Å². The Morgan fingerprint density at radius 3 is 2.82 bits per heavy atom. The molecule has 198 valence electrons. The van der Waals surface area contributed by atoms with Crippen molar-refractivity contribution in [2.45, 2.75) is 37.8 Å². The summed E-state index contributed by atoms with van der Waals surface area (Å²) in [7, 11) is 0. The highest BCUT2D eigenvalue weighted by atomic mass is 35.5. The van der Waals surface area contributed by atoms with E-state index in [2.05, 4.69) is 16.5 Å². The van der Waals surface area contributed by atoms with Crippen molar-refractivity contribution < 1.29 is 32.2 Å². The zero-order chi connectivity index (χ0) is 27.2. The van der Waals surface area contributed by atoms with E-state index in [-0.39, 0.29) is 41.2 Å². The largest absolute Gasteiger partial charge is 0.476 e. The third-order valence-electron chi connectivity index (χ3n) is 6.80. The number of ether oxygens (including phenoxy) is 3. The van der Waals surface area contributed by atoms with Gasteiger partial charge in [0.15, 0.2) is 5.90 Å². The highest BCUT2D eigenvalue weighted by Gasteiger charge is 2.58. The van der Waals surface area contributed by atoms with E-state index >= 15 is 0 Å². The Labute approximate surface area is 221 Å². The second-order valence-electron chi connectivity index (χ2n) is 9.36. The molecule has 12 heteroatoms. The number of nitriles is 1. The van der Waals surface area contributed by atoms with Crippen LogP contribution in [0.1, 0.15) is 30.0 Å². The summed E-state index contributed by atoms with van der Waals surface area (Å²) in [5.74, 6) is 0.687. The molecule has 3 saturated heterocycles. The minimum Gasteiger partial charge on any atom is -0.476 e. The van der Waals surface area contributed by atoms with Crippen molar-refractivity contribution in [1.29, 1.82) is 5.26 Å². The average Bonchev–Trinajstić information content (AvgIpc) is 3.53. The first kappa shape index (κ1) is 25.9. The van der Waals surface area contributed by atoms with Crippen molar-refractivity contribution >= 4 is 23.5 Å². The van der Waals surface area contributed by atoms with E-state index in [9.17, 15) is 23.2 Å². The normalized spacial score (nSPS) is 22.5. The number of nitrogens with zero attached hydrogens (tertiary/aromatic N) is 4. The van der Waals surface area contributed by atoms with Gasteiger partial charge in [0.1, 0.15) is 30.0 Å². The molecule has 2 aromatic carbocycles. The quantitative estimate of drug-likeness (QED) is 0.361. The number of carbonyl (C=O) groups excluding carboxylic acids is 1. The van der Waals surface area contributed by atoms with Crippen LogP contribution in [0.2, 0.25) is 5.02 Å². The molecule has 0 saturated carbocycles. The maximum absolute atomic E-state index is 13.1. The summed E-state index contributed by atoms with van der Waals surface area (Å²) < 4.78 is 56.3. The van der Waals surface area contributed by atoms with Crippen molar-refractivity contribution in [3.63, 3.8) is 0 Å². The molecule has 3 aliphatic heterocycles. The van der Waals surface area contributed by atoms with Crippen molar-refractivity contribution in [1.82, 2.24) is 9.80 Å². The number of amides is 2. The molecule has 5 rings (SSSR count). The van der Waals surface area contributed by atoms with Crippen molar-refractivity contribution in [3.8, 4) is 17.6 Å². The van der Waals surface area contributed by atoms with Crippen LogP contribution >= 0.6 is 11.6 Å². The fourth-order valence-corrected chi connectivity index (χ4v) is 5.20.